The average Bonchev–Trinajstić information content (AvgIpc) is 3.11. The first-order valence-corrected chi connectivity index (χ1v) is 7.43. The SMILES string of the molecule is CC(C)(C)c1cc(NC(=O)[C@@H]2[C@@H](C(=O)O)[C@H]3CC[C@H]2O3)no1. The summed E-state index contributed by atoms with van der Waals surface area (Å²) in [6.07, 6.45) is 0.739. The molecule has 3 heterocycles. The highest BCUT2D eigenvalue weighted by Gasteiger charge is 2.55. The summed E-state index contributed by atoms with van der Waals surface area (Å²) >= 11 is 0. The second-order valence-electron chi connectivity index (χ2n) is 7.00. The van der Waals surface area contributed by atoms with E-state index in [2.05, 4.69) is 10.5 Å². The Morgan fingerprint density at radius 1 is 1.27 bits per heavy atom. The van der Waals surface area contributed by atoms with Gasteiger partial charge in [-0.15, -0.1) is 0 Å². The van der Waals surface area contributed by atoms with Crippen LogP contribution in [0.5, 0.6) is 0 Å². The van der Waals surface area contributed by atoms with Crippen LogP contribution in [0.3, 0.4) is 0 Å². The first-order valence-electron chi connectivity index (χ1n) is 7.43. The Hall–Kier alpha value is -1.89. The third-order valence-electron chi connectivity index (χ3n) is 4.36. The maximum atomic E-state index is 12.4. The van der Waals surface area contributed by atoms with E-state index < -0.39 is 17.8 Å². The number of carbonyl (C=O) groups excluding carboxylic acids is 1. The molecule has 1 amide bonds. The molecular weight excluding hydrogens is 288 g/mol. The second kappa shape index (κ2) is 5.08. The van der Waals surface area contributed by atoms with E-state index in [0.717, 1.165) is 6.42 Å². The standard InChI is InChI=1S/C15H20N2O5/c1-15(2,3)9-6-10(17-22-9)16-13(18)11-7-4-5-8(21-7)12(11)14(19)20/h6-8,11-12H,4-5H2,1-3H3,(H,19,20)(H,16,17,18)/t7-,8-,11+,12+/m1/s1. The molecule has 4 atom stereocenters. The van der Waals surface area contributed by atoms with Gasteiger partial charge in [-0.1, -0.05) is 25.9 Å². The zero-order valence-corrected chi connectivity index (χ0v) is 12.8. The normalized spacial score (nSPS) is 30.5. The maximum Gasteiger partial charge on any atom is 0.310 e. The lowest BCUT2D eigenvalue weighted by Gasteiger charge is -2.23. The molecule has 0 aromatic carbocycles. The zero-order chi connectivity index (χ0) is 16.1. The van der Waals surface area contributed by atoms with Crippen molar-refractivity contribution in [2.24, 2.45) is 11.8 Å². The summed E-state index contributed by atoms with van der Waals surface area (Å²) < 4.78 is 10.8. The second-order valence-corrected chi connectivity index (χ2v) is 7.00. The summed E-state index contributed by atoms with van der Waals surface area (Å²) in [5, 5.41) is 15.8. The third-order valence-corrected chi connectivity index (χ3v) is 4.36. The van der Waals surface area contributed by atoms with Crippen molar-refractivity contribution in [3.05, 3.63) is 11.8 Å². The van der Waals surface area contributed by atoms with E-state index in [-0.39, 0.29) is 23.5 Å². The number of carbonyl (C=O) groups is 2. The van der Waals surface area contributed by atoms with Crippen molar-refractivity contribution in [2.75, 3.05) is 5.32 Å². The van der Waals surface area contributed by atoms with Gasteiger partial charge in [0.15, 0.2) is 5.82 Å². The van der Waals surface area contributed by atoms with Crippen molar-refractivity contribution in [3.8, 4) is 0 Å². The Balaban J connectivity index is 1.74. The van der Waals surface area contributed by atoms with Crippen molar-refractivity contribution in [3.63, 3.8) is 0 Å². The summed E-state index contributed by atoms with van der Waals surface area (Å²) in [6.45, 7) is 5.93. The van der Waals surface area contributed by atoms with Crippen LogP contribution in [0.1, 0.15) is 39.4 Å². The van der Waals surface area contributed by atoms with Gasteiger partial charge in [-0.25, -0.2) is 0 Å². The van der Waals surface area contributed by atoms with Crippen LogP contribution in [0.4, 0.5) is 5.82 Å². The van der Waals surface area contributed by atoms with Crippen LogP contribution < -0.4 is 5.32 Å². The number of aromatic nitrogens is 1. The number of aliphatic carboxylic acids is 1. The minimum atomic E-state index is -0.983. The fourth-order valence-electron chi connectivity index (χ4n) is 3.22. The summed E-state index contributed by atoms with van der Waals surface area (Å²) in [5.41, 5.74) is -0.213. The van der Waals surface area contributed by atoms with Crippen LogP contribution in [0.25, 0.3) is 0 Å². The van der Waals surface area contributed by atoms with Crippen molar-refractivity contribution in [1.29, 1.82) is 0 Å². The number of amides is 1. The molecule has 22 heavy (non-hydrogen) atoms. The van der Waals surface area contributed by atoms with Gasteiger partial charge in [0, 0.05) is 11.5 Å². The molecule has 2 saturated heterocycles. The van der Waals surface area contributed by atoms with Gasteiger partial charge in [0.25, 0.3) is 0 Å². The fraction of sp³-hybridized carbons (Fsp3) is 0.667. The van der Waals surface area contributed by atoms with Gasteiger partial charge in [-0.05, 0) is 12.8 Å². The number of carboxylic acids is 1. The lowest BCUT2D eigenvalue weighted by molar-refractivity contribution is -0.147. The summed E-state index contributed by atoms with van der Waals surface area (Å²) in [5.74, 6) is -1.85. The van der Waals surface area contributed by atoms with Gasteiger partial charge in [-0.2, -0.15) is 0 Å². The monoisotopic (exact) mass is 308 g/mol. The van der Waals surface area contributed by atoms with Gasteiger partial charge in [0.2, 0.25) is 5.91 Å². The maximum absolute atomic E-state index is 12.4. The lowest BCUT2D eigenvalue weighted by atomic mass is 9.79. The molecule has 120 valence electrons. The minimum Gasteiger partial charge on any atom is -0.481 e. The molecule has 3 rings (SSSR count). The van der Waals surface area contributed by atoms with Crippen LogP contribution in [-0.4, -0.2) is 34.3 Å². The largest absolute Gasteiger partial charge is 0.481 e. The third kappa shape index (κ3) is 2.49. The Labute approximate surface area is 128 Å². The molecule has 7 heteroatoms. The molecule has 1 aromatic rings. The van der Waals surface area contributed by atoms with Crippen molar-refractivity contribution in [1.82, 2.24) is 5.16 Å². The smallest absolute Gasteiger partial charge is 0.310 e. The molecule has 0 aliphatic carbocycles. The number of rotatable bonds is 3. The molecule has 2 bridgehead atoms. The molecule has 0 radical (unpaired) electrons. The number of nitrogens with one attached hydrogen (secondary N) is 1. The Morgan fingerprint density at radius 3 is 2.45 bits per heavy atom. The Bertz CT molecular complexity index is 603. The first kappa shape index (κ1) is 15.0. The molecule has 2 aliphatic heterocycles. The highest BCUT2D eigenvalue weighted by Crippen LogP contribution is 2.44. The van der Waals surface area contributed by atoms with E-state index in [1.165, 1.54) is 0 Å². The van der Waals surface area contributed by atoms with Crippen LogP contribution in [0, 0.1) is 11.8 Å². The van der Waals surface area contributed by atoms with Crippen LogP contribution in [0.2, 0.25) is 0 Å². The van der Waals surface area contributed by atoms with Crippen LogP contribution in [0.15, 0.2) is 10.6 Å². The van der Waals surface area contributed by atoms with E-state index in [1.807, 2.05) is 20.8 Å². The number of anilines is 1. The molecule has 2 aliphatic rings. The van der Waals surface area contributed by atoms with Gasteiger partial charge in [0.05, 0.1) is 24.0 Å². The predicted octanol–water partition coefficient (Wildman–Crippen LogP) is 1.79. The van der Waals surface area contributed by atoms with Crippen molar-refractivity contribution < 1.29 is 24.0 Å². The average molecular weight is 308 g/mol. The number of nitrogens with zero attached hydrogens (tertiary/aromatic N) is 1. The van der Waals surface area contributed by atoms with Crippen LogP contribution in [-0.2, 0) is 19.7 Å². The van der Waals surface area contributed by atoms with E-state index in [0.29, 0.717) is 18.0 Å². The molecular formula is C15H20N2O5. The van der Waals surface area contributed by atoms with Crippen LogP contribution >= 0.6 is 0 Å². The molecule has 0 spiro atoms. The summed E-state index contributed by atoms with van der Waals surface area (Å²) in [7, 11) is 0. The van der Waals surface area contributed by atoms with E-state index in [1.54, 1.807) is 6.07 Å². The molecule has 7 nitrogen and oxygen atoms in total. The molecule has 0 unspecified atom stereocenters. The fourth-order valence-corrected chi connectivity index (χ4v) is 3.22. The number of fused-ring (bicyclic) bond motifs is 2. The van der Waals surface area contributed by atoms with Gasteiger partial charge >= 0.3 is 5.97 Å². The van der Waals surface area contributed by atoms with Crippen molar-refractivity contribution >= 4 is 17.7 Å². The molecule has 0 saturated carbocycles. The number of hydrogen-bond acceptors (Lipinski definition) is 5. The highest BCUT2D eigenvalue weighted by atomic mass is 16.5. The quantitative estimate of drug-likeness (QED) is 0.882. The highest BCUT2D eigenvalue weighted by molar-refractivity contribution is 5.95. The minimum absolute atomic E-state index is 0.213. The van der Waals surface area contributed by atoms with Gasteiger partial charge < -0.3 is 19.7 Å². The summed E-state index contributed by atoms with van der Waals surface area (Å²) in [4.78, 5) is 23.8. The Kier molecular flexibility index (Phi) is 3.47. The first-order chi connectivity index (χ1) is 10.3. The molecule has 2 fully saturated rings. The number of ether oxygens (including phenoxy) is 1. The predicted molar refractivity (Wildman–Crippen MR) is 76.3 cm³/mol. The Morgan fingerprint density at radius 2 is 1.91 bits per heavy atom. The molecule has 1 aromatic heterocycles. The molecule has 2 N–H and O–H groups in total. The van der Waals surface area contributed by atoms with Gasteiger partial charge in [-0.3, -0.25) is 9.59 Å². The van der Waals surface area contributed by atoms with Crippen molar-refractivity contribution in [2.45, 2.75) is 51.2 Å². The van der Waals surface area contributed by atoms with E-state index in [9.17, 15) is 14.7 Å². The number of carboxylic acid groups (broad SMARTS) is 1. The number of hydrogen-bond donors (Lipinski definition) is 2. The van der Waals surface area contributed by atoms with E-state index in [4.69, 9.17) is 9.26 Å². The lowest BCUT2D eigenvalue weighted by Crippen LogP contribution is -2.41. The topological polar surface area (TPSA) is 102 Å². The summed E-state index contributed by atoms with van der Waals surface area (Å²) in [6, 6.07) is 1.67. The van der Waals surface area contributed by atoms with E-state index >= 15 is 0 Å². The van der Waals surface area contributed by atoms with Gasteiger partial charge in [0.1, 0.15) is 5.76 Å². The zero-order valence-electron chi connectivity index (χ0n) is 12.8.